The third-order valence-electron chi connectivity index (χ3n) is 3.13. The maximum atomic E-state index is 12.3. The molecule has 2 aromatic carbocycles. The molecule has 0 aromatic heterocycles. The first-order chi connectivity index (χ1) is 9.63. The molecule has 3 rings (SSSR count). The highest BCUT2D eigenvalue weighted by Gasteiger charge is 2.27. The summed E-state index contributed by atoms with van der Waals surface area (Å²) < 4.78 is 0.777. The van der Waals surface area contributed by atoms with Crippen LogP contribution in [0.5, 0.6) is 0 Å². The van der Waals surface area contributed by atoms with Crippen LogP contribution < -0.4 is 5.32 Å². The van der Waals surface area contributed by atoms with E-state index in [4.69, 9.17) is 11.6 Å². The molecule has 1 atom stereocenters. The van der Waals surface area contributed by atoms with Gasteiger partial charge in [-0.2, -0.15) is 0 Å². The summed E-state index contributed by atoms with van der Waals surface area (Å²) in [5.41, 5.74) is 2.00. The van der Waals surface area contributed by atoms with Crippen molar-refractivity contribution in [3.05, 3.63) is 57.5 Å². The summed E-state index contributed by atoms with van der Waals surface area (Å²) in [6.45, 7) is 0. The highest BCUT2D eigenvalue weighted by atomic mass is 79.9. The van der Waals surface area contributed by atoms with Crippen LogP contribution in [0.2, 0.25) is 5.02 Å². The normalized spacial score (nSPS) is 16.8. The quantitative estimate of drug-likeness (QED) is 0.828. The zero-order chi connectivity index (χ0) is 14.1. The van der Waals surface area contributed by atoms with Gasteiger partial charge in [-0.05, 0) is 52.2 Å². The van der Waals surface area contributed by atoms with Gasteiger partial charge in [0.05, 0.1) is 10.3 Å². The molecule has 0 fully saturated rings. The second-order valence-corrected chi connectivity index (χ2v) is 7.04. The Morgan fingerprint density at radius 1 is 1.30 bits per heavy atom. The van der Waals surface area contributed by atoms with Crippen molar-refractivity contribution >= 4 is 50.9 Å². The second kappa shape index (κ2) is 5.80. The molecule has 1 heterocycles. The van der Waals surface area contributed by atoms with Crippen LogP contribution in [0.15, 0.2) is 51.8 Å². The standard InChI is InChI=1S/C15H11BrClNOS/c16-11-8-10(5-6-12(11)17)18-15(19)14-7-9-3-1-2-4-13(9)20-14/h1-6,8,14H,7H2,(H,18,19). The molecule has 2 aromatic rings. The van der Waals surface area contributed by atoms with Gasteiger partial charge in [-0.25, -0.2) is 0 Å². The lowest BCUT2D eigenvalue weighted by molar-refractivity contribution is -0.115. The molecule has 1 unspecified atom stereocenters. The summed E-state index contributed by atoms with van der Waals surface area (Å²) >= 11 is 10.9. The van der Waals surface area contributed by atoms with Gasteiger partial charge in [0.25, 0.3) is 0 Å². The number of anilines is 1. The first-order valence-electron chi connectivity index (χ1n) is 6.14. The molecule has 0 spiro atoms. The van der Waals surface area contributed by atoms with Crippen molar-refractivity contribution in [1.82, 2.24) is 0 Å². The van der Waals surface area contributed by atoms with Gasteiger partial charge in [0, 0.05) is 15.1 Å². The van der Waals surface area contributed by atoms with Gasteiger partial charge in [-0.1, -0.05) is 29.8 Å². The number of amides is 1. The minimum absolute atomic E-state index is 0.0282. The molecule has 1 amide bonds. The lowest BCUT2D eigenvalue weighted by Crippen LogP contribution is -2.24. The Labute approximate surface area is 135 Å². The van der Waals surface area contributed by atoms with Crippen molar-refractivity contribution < 1.29 is 4.79 Å². The molecule has 1 aliphatic rings. The Hall–Kier alpha value is -0.970. The lowest BCUT2D eigenvalue weighted by atomic mass is 10.1. The van der Waals surface area contributed by atoms with E-state index in [9.17, 15) is 4.79 Å². The Kier molecular flexibility index (Phi) is 4.06. The Bertz CT molecular complexity index is 652. The van der Waals surface area contributed by atoms with Gasteiger partial charge in [-0.15, -0.1) is 11.8 Å². The van der Waals surface area contributed by atoms with Crippen LogP contribution in [0, 0.1) is 0 Å². The van der Waals surface area contributed by atoms with E-state index < -0.39 is 0 Å². The number of carbonyl (C=O) groups is 1. The van der Waals surface area contributed by atoms with E-state index in [1.165, 1.54) is 10.5 Å². The van der Waals surface area contributed by atoms with Crippen molar-refractivity contribution in [3.8, 4) is 0 Å². The van der Waals surface area contributed by atoms with E-state index in [1.54, 1.807) is 23.9 Å². The van der Waals surface area contributed by atoms with Crippen LogP contribution in [0.4, 0.5) is 5.69 Å². The first-order valence-corrected chi connectivity index (χ1v) is 8.19. The Morgan fingerprint density at radius 2 is 2.10 bits per heavy atom. The number of benzene rings is 2. The maximum Gasteiger partial charge on any atom is 0.238 e. The van der Waals surface area contributed by atoms with Gasteiger partial charge in [0.1, 0.15) is 0 Å². The van der Waals surface area contributed by atoms with Crippen LogP contribution in [-0.2, 0) is 11.2 Å². The third kappa shape index (κ3) is 2.87. The van der Waals surface area contributed by atoms with E-state index in [0.717, 1.165) is 16.6 Å². The summed E-state index contributed by atoms with van der Waals surface area (Å²) in [5, 5.41) is 3.50. The summed E-state index contributed by atoms with van der Waals surface area (Å²) in [6, 6.07) is 13.5. The first kappa shape index (κ1) is 14.0. The number of rotatable bonds is 2. The summed E-state index contributed by atoms with van der Waals surface area (Å²) in [6.07, 6.45) is 0.779. The van der Waals surface area contributed by atoms with E-state index in [2.05, 4.69) is 33.4 Å². The molecule has 0 bridgehead atoms. The minimum atomic E-state index is -0.0677. The molecule has 0 saturated heterocycles. The van der Waals surface area contributed by atoms with Crippen LogP contribution >= 0.6 is 39.3 Å². The van der Waals surface area contributed by atoms with Crippen LogP contribution in [0.1, 0.15) is 5.56 Å². The fraction of sp³-hybridized carbons (Fsp3) is 0.133. The monoisotopic (exact) mass is 367 g/mol. The Balaban J connectivity index is 1.71. The lowest BCUT2D eigenvalue weighted by Gasteiger charge is -2.10. The minimum Gasteiger partial charge on any atom is -0.325 e. The fourth-order valence-corrected chi connectivity index (χ4v) is 3.82. The molecule has 0 aliphatic carbocycles. The zero-order valence-electron chi connectivity index (χ0n) is 10.4. The van der Waals surface area contributed by atoms with Crippen LogP contribution in [0.3, 0.4) is 0 Å². The fourth-order valence-electron chi connectivity index (χ4n) is 2.12. The SMILES string of the molecule is O=C(Nc1ccc(Cl)c(Br)c1)C1Cc2ccccc2S1. The number of hydrogen-bond donors (Lipinski definition) is 1. The van der Waals surface area contributed by atoms with Gasteiger partial charge in [0.15, 0.2) is 0 Å². The molecule has 2 nitrogen and oxygen atoms in total. The topological polar surface area (TPSA) is 29.1 Å². The molecule has 1 aliphatic heterocycles. The molecule has 102 valence electrons. The number of carbonyl (C=O) groups excluding carboxylic acids is 1. The van der Waals surface area contributed by atoms with Crippen LogP contribution in [-0.4, -0.2) is 11.2 Å². The highest BCUT2D eigenvalue weighted by molar-refractivity contribution is 9.10. The highest BCUT2D eigenvalue weighted by Crippen LogP contribution is 2.37. The van der Waals surface area contributed by atoms with Gasteiger partial charge in [0.2, 0.25) is 5.91 Å². The number of thioether (sulfide) groups is 1. The number of fused-ring (bicyclic) bond motifs is 1. The third-order valence-corrected chi connectivity index (χ3v) is 5.66. The van der Waals surface area contributed by atoms with E-state index in [-0.39, 0.29) is 11.2 Å². The van der Waals surface area contributed by atoms with E-state index in [0.29, 0.717) is 5.02 Å². The van der Waals surface area contributed by atoms with E-state index >= 15 is 0 Å². The van der Waals surface area contributed by atoms with E-state index in [1.807, 2.05) is 18.2 Å². The predicted molar refractivity (Wildman–Crippen MR) is 87.6 cm³/mol. The smallest absolute Gasteiger partial charge is 0.238 e. The molecule has 5 heteroatoms. The maximum absolute atomic E-state index is 12.3. The average molecular weight is 369 g/mol. The number of halogens is 2. The predicted octanol–water partition coefficient (Wildman–Crippen LogP) is 4.76. The van der Waals surface area contributed by atoms with Gasteiger partial charge >= 0.3 is 0 Å². The summed E-state index contributed by atoms with van der Waals surface area (Å²) in [7, 11) is 0. The van der Waals surface area contributed by atoms with Crippen LogP contribution in [0.25, 0.3) is 0 Å². The average Bonchev–Trinajstić information content (AvgIpc) is 2.87. The molecule has 20 heavy (non-hydrogen) atoms. The Morgan fingerprint density at radius 3 is 2.85 bits per heavy atom. The molecule has 0 saturated carbocycles. The number of hydrogen-bond acceptors (Lipinski definition) is 2. The van der Waals surface area contributed by atoms with Crippen molar-refractivity contribution in [2.75, 3.05) is 5.32 Å². The summed E-state index contributed by atoms with van der Waals surface area (Å²) in [4.78, 5) is 13.5. The number of nitrogens with one attached hydrogen (secondary N) is 1. The van der Waals surface area contributed by atoms with Gasteiger partial charge in [-0.3, -0.25) is 4.79 Å². The van der Waals surface area contributed by atoms with Crippen molar-refractivity contribution in [2.24, 2.45) is 0 Å². The largest absolute Gasteiger partial charge is 0.325 e. The van der Waals surface area contributed by atoms with Crippen molar-refractivity contribution in [1.29, 1.82) is 0 Å². The van der Waals surface area contributed by atoms with Crippen molar-refractivity contribution in [3.63, 3.8) is 0 Å². The zero-order valence-corrected chi connectivity index (χ0v) is 13.6. The summed E-state index contributed by atoms with van der Waals surface area (Å²) in [5.74, 6) is 0.0282. The van der Waals surface area contributed by atoms with Gasteiger partial charge < -0.3 is 5.32 Å². The molecule has 1 N–H and O–H groups in total. The second-order valence-electron chi connectivity index (χ2n) is 4.54. The van der Waals surface area contributed by atoms with Crippen molar-refractivity contribution in [2.45, 2.75) is 16.6 Å². The molecular weight excluding hydrogens is 358 g/mol. The molecule has 0 radical (unpaired) electrons. The molecular formula is C15H11BrClNOS.